The number of hydrogen-bond acceptors (Lipinski definition) is 3. The molecule has 3 aromatic rings. The monoisotopic (exact) mass is 451 g/mol. The fourth-order valence-corrected chi connectivity index (χ4v) is 2.83. The summed E-state index contributed by atoms with van der Waals surface area (Å²) in [5.41, 5.74) is -0.894. The van der Waals surface area contributed by atoms with Crippen LogP contribution in [0.25, 0.3) is 0 Å². The van der Waals surface area contributed by atoms with Crippen molar-refractivity contribution in [1.82, 2.24) is 4.98 Å². The standard InChI is InChI=1S/C21H14ClF4N3O2/c1-11-5-8-17(18(23)27-11)29-20(31)15-10-14(6-7-16(15)22)28-19(30)12-3-2-4-13(9-12)21(24,25)26/h2-10H,1H3,(H,28,30)(H,29,31). The van der Waals surface area contributed by atoms with Crippen LogP contribution < -0.4 is 10.6 Å². The van der Waals surface area contributed by atoms with Gasteiger partial charge in [0.25, 0.3) is 11.8 Å². The van der Waals surface area contributed by atoms with E-state index in [1.54, 1.807) is 6.92 Å². The average molecular weight is 452 g/mol. The lowest BCUT2D eigenvalue weighted by Gasteiger charge is -2.11. The quantitative estimate of drug-likeness (QED) is 0.394. The summed E-state index contributed by atoms with van der Waals surface area (Å²) >= 11 is 6.04. The molecule has 0 unspecified atom stereocenters. The third-order valence-corrected chi connectivity index (χ3v) is 4.49. The minimum Gasteiger partial charge on any atom is -0.322 e. The summed E-state index contributed by atoms with van der Waals surface area (Å²) in [7, 11) is 0. The van der Waals surface area contributed by atoms with Gasteiger partial charge in [-0.15, -0.1) is 0 Å². The van der Waals surface area contributed by atoms with Crippen LogP contribution in [0.2, 0.25) is 5.02 Å². The highest BCUT2D eigenvalue weighted by molar-refractivity contribution is 6.34. The van der Waals surface area contributed by atoms with E-state index in [0.29, 0.717) is 11.8 Å². The van der Waals surface area contributed by atoms with Gasteiger partial charge < -0.3 is 10.6 Å². The highest BCUT2D eigenvalue weighted by Crippen LogP contribution is 2.30. The van der Waals surface area contributed by atoms with E-state index in [1.165, 1.54) is 36.4 Å². The lowest BCUT2D eigenvalue weighted by Crippen LogP contribution is -2.16. The minimum atomic E-state index is -4.60. The van der Waals surface area contributed by atoms with Gasteiger partial charge in [0.2, 0.25) is 5.95 Å². The van der Waals surface area contributed by atoms with Crippen LogP contribution in [0, 0.1) is 12.9 Å². The Balaban J connectivity index is 1.81. The number of anilines is 2. The zero-order chi connectivity index (χ0) is 22.8. The SMILES string of the molecule is Cc1ccc(NC(=O)c2cc(NC(=O)c3cccc(C(F)(F)F)c3)ccc2Cl)c(F)n1. The highest BCUT2D eigenvalue weighted by atomic mass is 35.5. The Morgan fingerprint density at radius 3 is 2.39 bits per heavy atom. The molecule has 0 saturated carbocycles. The van der Waals surface area contributed by atoms with E-state index in [2.05, 4.69) is 15.6 Å². The third-order valence-electron chi connectivity index (χ3n) is 4.16. The number of halogens is 5. The molecule has 2 amide bonds. The van der Waals surface area contributed by atoms with Crippen molar-refractivity contribution in [3.8, 4) is 0 Å². The van der Waals surface area contributed by atoms with E-state index in [1.807, 2.05) is 0 Å². The zero-order valence-corrected chi connectivity index (χ0v) is 16.6. The van der Waals surface area contributed by atoms with Crippen molar-refractivity contribution in [2.24, 2.45) is 0 Å². The molecule has 0 aliphatic heterocycles. The number of aryl methyl sites for hydroxylation is 1. The van der Waals surface area contributed by atoms with Crippen molar-refractivity contribution in [1.29, 1.82) is 0 Å². The molecule has 2 aromatic carbocycles. The van der Waals surface area contributed by atoms with Crippen molar-refractivity contribution in [3.05, 3.63) is 88.0 Å². The van der Waals surface area contributed by atoms with Gasteiger partial charge in [-0.3, -0.25) is 9.59 Å². The van der Waals surface area contributed by atoms with E-state index >= 15 is 0 Å². The molecule has 31 heavy (non-hydrogen) atoms. The first-order valence-electron chi connectivity index (χ1n) is 8.77. The average Bonchev–Trinajstić information content (AvgIpc) is 2.71. The molecular weight excluding hydrogens is 438 g/mol. The van der Waals surface area contributed by atoms with Gasteiger partial charge in [-0.1, -0.05) is 17.7 Å². The Hall–Kier alpha value is -3.46. The molecule has 10 heteroatoms. The lowest BCUT2D eigenvalue weighted by atomic mass is 10.1. The number of alkyl halides is 3. The van der Waals surface area contributed by atoms with Crippen LogP contribution in [-0.2, 0) is 6.18 Å². The van der Waals surface area contributed by atoms with Crippen LogP contribution in [0.15, 0.2) is 54.6 Å². The molecule has 0 radical (unpaired) electrons. The molecule has 0 spiro atoms. The van der Waals surface area contributed by atoms with E-state index in [9.17, 15) is 27.2 Å². The van der Waals surface area contributed by atoms with Gasteiger partial charge in [0.15, 0.2) is 0 Å². The largest absolute Gasteiger partial charge is 0.416 e. The minimum absolute atomic E-state index is 0.0232. The number of rotatable bonds is 4. The van der Waals surface area contributed by atoms with Gasteiger partial charge in [0, 0.05) is 16.9 Å². The second-order valence-electron chi connectivity index (χ2n) is 6.47. The second kappa shape index (κ2) is 8.73. The van der Waals surface area contributed by atoms with Crippen molar-refractivity contribution >= 4 is 34.8 Å². The predicted molar refractivity (Wildman–Crippen MR) is 108 cm³/mol. The van der Waals surface area contributed by atoms with Crippen molar-refractivity contribution in [3.63, 3.8) is 0 Å². The van der Waals surface area contributed by atoms with E-state index in [-0.39, 0.29) is 27.5 Å². The topological polar surface area (TPSA) is 71.1 Å². The Morgan fingerprint density at radius 2 is 1.71 bits per heavy atom. The van der Waals surface area contributed by atoms with Crippen molar-refractivity contribution in [2.75, 3.05) is 10.6 Å². The summed E-state index contributed by atoms with van der Waals surface area (Å²) < 4.78 is 52.4. The second-order valence-corrected chi connectivity index (χ2v) is 6.88. The van der Waals surface area contributed by atoms with Crippen LogP contribution in [0.4, 0.5) is 28.9 Å². The third kappa shape index (κ3) is 5.37. The molecule has 0 fully saturated rings. The summed E-state index contributed by atoms with van der Waals surface area (Å²) in [5.74, 6) is -2.45. The van der Waals surface area contributed by atoms with Crippen LogP contribution in [0.1, 0.15) is 32.0 Å². The Bertz CT molecular complexity index is 1170. The van der Waals surface area contributed by atoms with Gasteiger partial charge in [-0.05, 0) is 55.5 Å². The zero-order valence-electron chi connectivity index (χ0n) is 15.8. The Labute approximate surface area is 179 Å². The summed E-state index contributed by atoms with van der Waals surface area (Å²) in [5, 5.41) is 4.77. The van der Waals surface area contributed by atoms with Crippen molar-refractivity contribution in [2.45, 2.75) is 13.1 Å². The number of carbonyl (C=O) groups is 2. The lowest BCUT2D eigenvalue weighted by molar-refractivity contribution is -0.137. The maximum atomic E-state index is 13.9. The van der Waals surface area contributed by atoms with Gasteiger partial charge in [-0.2, -0.15) is 17.6 Å². The smallest absolute Gasteiger partial charge is 0.322 e. The molecule has 1 heterocycles. The van der Waals surface area contributed by atoms with Crippen LogP contribution >= 0.6 is 11.6 Å². The summed E-state index contributed by atoms with van der Waals surface area (Å²) in [4.78, 5) is 28.5. The van der Waals surface area contributed by atoms with Crippen molar-refractivity contribution < 1.29 is 27.2 Å². The number of pyridine rings is 1. The number of amides is 2. The first kappa shape index (κ1) is 22.2. The van der Waals surface area contributed by atoms with Gasteiger partial charge >= 0.3 is 6.18 Å². The number of aromatic nitrogens is 1. The number of hydrogen-bond donors (Lipinski definition) is 2. The molecule has 3 rings (SSSR count). The number of benzene rings is 2. The van der Waals surface area contributed by atoms with E-state index < -0.39 is 29.5 Å². The number of nitrogens with zero attached hydrogens (tertiary/aromatic N) is 1. The molecule has 0 saturated heterocycles. The Morgan fingerprint density at radius 1 is 0.968 bits per heavy atom. The maximum Gasteiger partial charge on any atom is 0.416 e. The van der Waals surface area contributed by atoms with Crippen LogP contribution in [-0.4, -0.2) is 16.8 Å². The molecule has 160 valence electrons. The molecule has 1 aromatic heterocycles. The van der Waals surface area contributed by atoms with E-state index in [4.69, 9.17) is 11.6 Å². The molecule has 2 N–H and O–H groups in total. The van der Waals surface area contributed by atoms with Gasteiger partial charge in [-0.25, -0.2) is 4.98 Å². The first-order chi connectivity index (χ1) is 14.5. The van der Waals surface area contributed by atoms with Gasteiger partial charge in [0.05, 0.1) is 21.8 Å². The molecule has 5 nitrogen and oxygen atoms in total. The predicted octanol–water partition coefficient (Wildman–Crippen LogP) is 5.71. The summed E-state index contributed by atoms with van der Waals surface area (Å²) in [6, 6.07) is 10.7. The molecule has 0 aliphatic carbocycles. The fourth-order valence-electron chi connectivity index (χ4n) is 2.62. The van der Waals surface area contributed by atoms with Crippen LogP contribution in [0.3, 0.4) is 0 Å². The maximum absolute atomic E-state index is 13.9. The van der Waals surface area contributed by atoms with Gasteiger partial charge in [0.1, 0.15) is 0 Å². The number of nitrogens with one attached hydrogen (secondary N) is 2. The molecular formula is C21H14ClF4N3O2. The highest BCUT2D eigenvalue weighted by Gasteiger charge is 2.31. The normalized spacial score (nSPS) is 11.2. The fraction of sp³-hybridized carbons (Fsp3) is 0.0952. The molecule has 0 bridgehead atoms. The summed E-state index contributed by atoms with van der Waals surface area (Å²) in [6.07, 6.45) is -4.60. The van der Waals surface area contributed by atoms with E-state index in [0.717, 1.165) is 12.1 Å². The Kier molecular flexibility index (Phi) is 6.26. The molecule has 0 atom stereocenters. The first-order valence-corrected chi connectivity index (χ1v) is 9.15. The van der Waals surface area contributed by atoms with Crippen LogP contribution in [0.5, 0.6) is 0 Å². The molecule has 0 aliphatic rings. The summed E-state index contributed by atoms with van der Waals surface area (Å²) in [6.45, 7) is 1.59. The number of carbonyl (C=O) groups excluding carboxylic acids is 2.